The molecule has 1 N–H and O–H groups in total. The summed E-state index contributed by atoms with van der Waals surface area (Å²) >= 11 is 0. The van der Waals surface area contributed by atoms with Crippen molar-refractivity contribution in [1.82, 2.24) is 5.32 Å². The lowest BCUT2D eigenvalue weighted by Crippen LogP contribution is -2.16. The van der Waals surface area contributed by atoms with Crippen molar-refractivity contribution in [2.45, 2.75) is 180 Å². The molecule has 0 aromatic carbocycles. The molecule has 0 radical (unpaired) electrons. The Labute approximate surface area is 209 Å². The van der Waals surface area contributed by atoms with E-state index in [4.69, 9.17) is 0 Å². The average Bonchev–Trinajstić information content (AvgIpc) is 2.83. The number of hydrogen-bond acceptors (Lipinski definition) is 1. The minimum Gasteiger partial charge on any atom is -0.317 e. The predicted octanol–water partition coefficient (Wildman–Crippen LogP) is 11.1. The average molecular weight is 470 g/mol. The van der Waals surface area contributed by atoms with Crippen LogP contribution in [-0.4, -0.2) is 19.8 Å². The summed E-state index contributed by atoms with van der Waals surface area (Å²) in [7, 11) is 0. The number of hydrogen-bond donors (Lipinski definition) is 1. The van der Waals surface area contributed by atoms with E-state index in [1.54, 1.807) is 0 Å². The molecule has 0 spiro atoms. The zero-order valence-electron chi connectivity index (χ0n) is 23.1. The Bertz CT molecular complexity index is 290. The molecule has 0 bridgehead atoms. The number of nitrogens with one attached hydrogen (secondary N) is 1. The first kappa shape index (κ1) is 32.9. The highest BCUT2D eigenvalue weighted by Crippen LogP contribution is 2.14. The van der Waals surface area contributed by atoms with Crippen LogP contribution in [0.4, 0.5) is 4.39 Å². The predicted molar refractivity (Wildman–Crippen MR) is 149 cm³/mol. The molecule has 0 saturated carbocycles. The third-order valence-electron chi connectivity index (χ3n) is 7.19. The maximum absolute atomic E-state index is 12.0. The van der Waals surface area contributed by atoms with Crippen LogP contribution in [0, 0.1) is 0 Å². The molecule has 0 aliphatic heterocycles. The molecular formula is C31H64FN. The van der Waals surface area contributed by atoms with Crippen molar-refractivity contribution in [2.75, 3.05) is 19.8 Å². The van der Waals surface area contributed by atoms with Gasteiger partial charge in [0.25, 0.3) is 0 Å². The topological polar surface area (TPSA) is 12.0 Å². The fourth-order valence-electron chi connectivity index (χ4n) is 4.86. The Kier molecular flexibility index (Phi) is 31.8. The van der Waals surface area contributed by atoms with Gasteiger partial charge in [0, 0.05) is 0 Å². The molecule has 0 saturated heterocycles. The minimum absolute atomic E-state index is 0.132. The first-order valence-electron chi connectivity index (χ1n) is 15.7. The van der Waals surface area contributed by atoms with E-state index >= 15 is 0 Å². The highest BCUT2D eigenvalue weighted by atomic mass is 19.1. The molecule has 0 aliphatic rings. The normalized spacial score (nSPS) is 11.5. The Balaban J connectivity index is 2.99. The maximum atomic E-state index is 12.0. The van der Waals surface area contributed by atoms with Crippen LogP contribution in [0.2, 0.25) is 0 Å². The van der Waals surface area contributed by atoms with Crippen molar-refractivity contribution < 1.29 is 4.39 Å². The van der Waals surface area contributed by atoms with Gasteiger partial charge in [0.1, 0.15) is 0 Å². The van der Waals surface area contributed by atoms with Crippen molar-refractivity contribution in [3.8, 4) is 0 Å². The van der Waals surface area contributed by atoms with E-state index in [0.717, 1.165) is 12.8 Å². The molecule has 0 aromatic heterocycles. The lowest BCUT2D eigenvalue weighted by molar-refractivity contribution is 0.448. The van der Waals surface area contributed by atoms with Gasteiger partial charge in [-0.25, -0.2) is 0 Å². The SMILES string of the molecule is CCCCCCCCCCCCCCCCCCCCNCCCCCCCCCCCF. The first-order chi connectivity index (χ1) is 16.4. The molecule has 0 rings (SSSR count). The van der Waals surface area contributed by atoms with Gasteiger partial charge in [0.15, 0.2) is 0 Å². The van der Waals surface area contributed by atoms with Crippen molar-refractivity contribution in [2.24, 2.45) is 0 Å². The zero-order valence-corrected chi connectivity index (χ0v) is 23.1. The monoisotopic (exact) mass is 470 g/mol. The molecule has 0 atom stereocenters. The van der Waals surface area contributed by atoms with Crippen LogP contribution >= 0.6 is 0 Å². The molecule has 0 heterocycles. The largest absolute Gasteiger partial charge is 0.317 e. The van der Waals surface area contributed by atoms with E-state index in [2.05, 4.69) is 12.2 Å². The lowest BCUT2D eigenvalue weighted by Gasteiger charge is -2.06. The highest BCUT2D eigenvalue weighted by Gasteiger charge is 1.96. The Morgan fingerprint density at radius 1 is 0.333 bits per heavy atom. The molecule has 0 fully saturated rings. The van der Waals surface area contributed by atoms with Crippen molar-refractivity contribution in [3.63, 3.8) is 0 Å². The summed E-state index contributed by atoms with van der Waals surface area (Å²) in [5.41, 5.74) is 0. The van der Waals surface area contributed by atoms with Crippen LogP contribution in [0.5, 0.6) is 0 Å². The van der Waals surface area contributed by atoms with Gasteiger partial charge in [-0.1, -0.05) is 161 Å². The van der Waals surface area contributed by atoms with Gasteiger partial charge in [0.05, 0.1) is 6.67 Å². The summed E-state index contributed by atoms with van der Waals surface area (Å²) in [6, 6.07) is 0. The lowest BCUT2D eigenvalue weighted by atomic mass is 10.0. The van der Waals surface area contributed by atoms with E-state index in [9.17, 15) is 4.39 Å². The van der Waals surface area contributed by atoms with E-state index in [0.29, 0.717) is 0 Å². The Hall–Kier alpha value is -0.110. The number of unbranched alkanes of at least 4 members (excludes halogenated alkanes) is 25. The van der Waals surface area contributed by atoms with Gasteiger partial charge < -0.3 is 5.32 Å². The number of halogens is 1. The van der Waals surface area contributed by atoms with Crippen LogP contribution < -0.4 is 5.32 Å². The molecule has 33 heavy (non-hydrogen) atoms. The summed E-state index contributed by atoms with van der Waals surface area (Å²) in [6.45, 7) is 4.59. The van der Waals surface area contributed by atoms with Crippen LogP contribution in [0.1, 0.15) is 180 Å². The summed E-state index contributed by atoms with van der Waals surface area (Å²) in [6.07, 6.45) is 37.3. The fourth-order valence-corrected chi connectivity index (χ4v) is 4.86. The highest BCUT2D eigenvalue weighted by molar-refractivity contribution is 4.53. The second kappa shape index (κ2) is 31.9. The molecule has 0 aromatic rings. The van der Waals surface area contributed by atoms with Crippen molar-refractivity contribution >= 4 is 0 Å². The first-order valence-corrected chi connectivity index (χ1v) is 15.7. The molecule has 1 nitrogen and oxygen atoms in total. The second-order valence-corrected chi connectivity index (χ2v) is 10.6. The quantitative estimate of drug-likeness (QED) is 0.103. The molecule has 0 amide bonds. The molecule has 200 valence electrons. The van der Waals surface area contributed by atoms with Crippen LogP contribution in [0.15, 0.2) is 0 Å². The van der Waals surface area contributed by atoms with E-state index in [1.165, 1.54) is 174 Å². The smallest absolute Gasteiger partial charge is 0.0894 e. The standard InChI is InChI=1S/C31H64FN/c1-2-3-4-5-6-7-8-9-10-11-12-13-14-15-18-21-24-27-30-33-31-28-25-22-19-16-17-20-23-26-29-32/h33H,2-31H2,1H3. The van der Waals surface area contributed by atoms with Crippen LogP contribution in [0.25, 0.3) is 0 Å². The van der Waals surface area contributed by atoms with Gasteiger partial charge >= 0.3 is 0 Å². The van der Waals surface area contributed by atoms with Crippen LogP contribution in [-0.2, 0) is 0 Å². The Morgan fingerprint density at radius 2 is 0.576 bits per heavy atom. The van der Waals surface area contributed by atoms with Crippen LogP contribution in [0.3, 0.4) is 0 Å². The van der Waals surface area contributed by atoms with Gasteiger partial charge in [-0.05, 0) is 32.4 Å². The maximum Gasteiger partial charge on any atom is 0.0894 e. The molecular weight excluding hydrogens is 405 g/mol. The zero-order chi connectivity index (χ0) is 23.9. The van der Waals surface area contributed by atoms with E-state index < -0.39 is 0 Å². The third kappa shape index (κ3) is 31.9. The number of alkyl halides is 1. The summed E-state index contributed by atoms with van der Waals surface area (Å²) in [5.74, 6) is 0. The Morgan fingerprint density at radius 3 is 0.848 bits per heavy atom. The molecule has 0 aliphatic carbocycles. The summed E-state index contributed by atoms with van der Waals surface area (Å²) in [4.78, 5) is 0. The fraction of sp³-hybridized carbons (Fsp3) is 1.00. The van der Waals surface area contributed by atoms with Gasteiger partial charge in [-0.3, -0.25) is 4.39 Å². The third-order valence-corrected chi connectivity index (χ3v) is 7.19. The second-order valence-electron chi connectivity index (χ2n) is 10.6. The van der Waals surface area contributed by atoms with Gasteiger partial charge in [-0.15, -0.1) is 0 Å². The summed E-state index contributed by atoms with van der Waals surface area (Å²) in [5, 5.41) is 3.63. The molecule has 2 heteroatoms. The van der Waals surface area contributed by atoms with E-state index in [1.807, 2.05) is 0 Å². The van der Waals surface area contributed by atoms with E-state index in [-0.39, 0.29) is 6.67 Å². The number of rotatable bonds is 30. The van der Waals surface area contributed by atoms with Gasteiger partial charge in [0.2, 0.25) is 0 Å². The van der Waals surface area contributed by atoms with Crippen molar-refractivity contribution in [1.29, 1.82) is 0 Å². The van der Waals surface area contributed by atoms with Crippen molar-refractivity contribution in [3.05, 3.63) is 0 Å². The van der Waals surface area contributed by atoms with Gasteiger partial charge in [-0.2, -0.15) is 0 Å². The summed E-state index contributed by atoms with van der Waals surface area (Å²) < 4.78 is 12.0. The minimum atomic E-state index is -0.132. The molecule has 0 unspecified atom stereocenters.